The highest BCUT2D eigenvalue weighted by Crippen LogP contribution is 2.51. The van der Waals surface area contributed by atoms with Crippen LogP contribution in [0.25, 0.3) is 0 Å². The van der Waals surface area contributed by atoms with E-state index in [1.807, 2.05) is 49.9 Å². The molecule has 2 heterocycles. The maximum Gasteiger partial charge on any atom is 0.324 e. The van der Waals surface area contributed by atoms with E-state index in [1.165, 1.54) is 6.07 Å². The van der Waals surface area contributed by atoms with Crippen molar-refractivity contribution >= 4 is 27.8 Å². The number of allylic oxidation sites excluding steroid dienone is 3. The molecule has 1 aromatic heterocycles. The summed E-state index contributed by atoms with van der Waals surface area (Å²) in [5.41, 5.74) is 9.64. The third-order valence-corrected chi connectivity index (χ3v) is 6.82. The van der Waals surface area contributed by atoms with Crippen molar-refractivity contribution in [1.29, 1.82) is 5.26 Å². The zero-order valence-electron chi connectivity index (χ0n) is 17.5. The zero-order valence-corrected chi connectivity index (χ0v) is 18.3. The summed E-state index contributed by atoms with van der Waals surface area (Å²) in [6.07, 6.45) is 0.946. The molecular formula is C23H22N4O3S. The molecule has 0 radical (unpaired) electrons. The maximum absolute atomic E-state index is 13.4. The molecule has 4 rings (SSSR count). The van der Waals surface area contributed by atoms with Gasteiger partial charge in [0.2, 0.25) is 0 Å². The number of hydrogen-bond acceptors (Lipinski definition) is 7. The van der Waals surface area contributed by atoms with Crippen LogP contribution < -0.4 is 10.6 Å². The number of Topliss-reactive ketones (excluding diaryl/α,β-unsaturated/α-hetero) is 1. The zero-order chi connectivity index (χ0) is 22.5. The van der Waals surface area contributed by atoms with Gasteiger partial charge in [0.05, 0.1) is 22.5 Å². The van der Waals surface area contributed by atoms with Crippen LogP contribution in [0.1, 0.15) is 43.0 Å². The van der Waals surface area contributed by atoms with E-state index in [0.717, 1.165) is 28.3 Å². The molecule has 31 heavy (non-hydrogen) atoms. The Hall–Kier alpha value is -3.44. The lowest BCUT2D eigenvalue weighted by atomic mass is 9.69. The molecule has 158 valence electrons. The van der Waals surface area contributed by atoms with Crippen LogP contribution in [0.5, 0.6) is 0 Å². The van der Waals surface area contributed by atoms with Gasteiger partial charge in [-0.3, -0.25) is 19.8 Å². The lowest BCUT2D eigenvalue weighted by molar-refractivity contribution is -0.380. The van der Waals surface area contributed by atoms with Crippen molar-refractivity contribution in [3.8, 4) is 6.07 Å². The van der Waals surface area contributed by atoms with E-state index in [2.05, 4.69) is 6.07 Å². The molecule has 1 aliphatic heterocycles. The molecule has 7 nitrogen and oxygen atoms in total. The van der Waals surface area contributed by atoms with Crippen LogP contribution in [0.15, 0.2) is 59.1 Å². The molecule has 0 saturated heterocycles. The Kier molecular flexibility index (Phi) is 4.94. The summed E-state index contributed by atoms with van der Waals surface area (Å²) in [6, 6.07) is 13.0. The monoisotopic (exact) mass is 434 g/mol. The van der Waals surface area contributed by atoms with E-state index < -0.39 is 10.8 Å². The first-order valence-electron chi connectivity index (χ1n) is 9.90. The topological polar surface area (TPSA) is 113 Å². The highest BCUT2D eigenvalue weighted by Gasteiger charge is 2.45. The van der Waals surface area contributed by atoms with Crippen molar-refractivity contribution in [3.05, 3.63) is 79.6 Å². The highest BCUT2D eigenvalue weighted by atomic mass is 32.1. The molecule has 2 aromatic rings. The van der Waals surface area contributed by atoms with E-state index in [0.29, 0.717) is 23.3 Å². The molecule has 0 spiro atoms. The Labute approximate surface area is 184 Å². The minimum atomic E-state index is -0.691. The Balaban J connectivity index is 1.99. The van der Waals surface area contributed by atoms with Crippen LogP contribution >= 0.6 is 11.3 Å². The predicted octanol–water partition coefficient (Wildman–Crippen LogP) is 4.91. The number of hydrogen-bond donors (Lipinski definition) is 1. The number of rotatable bonds is 3. The molecule has 1 atom stereocenters. The van der Waals surface area contributed by atoms with Gasteiger partial charge in [-0.25, -0.2) is 0 Å². The van der Waals surface area contributed by atoms with Crippen molar-refractivity contribution in [2.24, 2.45) is 11.1 Å². The summed E-state index contributed by atoms with van der Waals surface area (Å²) in [5, 5.41) is 21.2. The van der Waals surface area contributed by atoms with Gasteiger partial charge in [0.15, 0.2) is 5.78 Å². The van der Waals surface area contributed by atoms with Gasteiger partial charge in [-0.05, 0) is 42.5 Å². The van der Waals surface area contributed by atoms with Crippen LogP contribution in [-0.4, -0.2) is 10.7 Å². The summed E-state index contributed by atoms with van der Waals surface area (Å²) in [4.78, 5) is 26.6. The first-order valence-corrected chi connectivity index (χ1v) is 10.7. The Morgan fingerprint density at radius 1 is 1.29 bits per heavy atom. The molecule has 0 fully saturated rings. The largest absolute Gasteiger partial charge is 0.384 e. The van der Waals surface area contributed by atoms with Crippen molar-refractivity contribution in [3.63, 3.8) is 0 Å². The number of anilines is 1. The van der Waals surface area contributed by atoms with Crippen LogP contribution in [0.3, 0.4) is 0 Å². The van der Waals surface area contributed by atoms with Gasteiger partial charge in [-0.15, -0.1) is 0 Å². The molecule has 1 aliphatic carbocycles. The first kappa shape index (κ1) is 20.8. The number of nitro groups is 1. The summed E-state index contributed by atoms with van der Waals surface area (Å²) >= 11 is 0.981. The fraction of sp³-hybridized carbons (Fsp3) is 0.304. The van der Waals surface area contributed by atoms with Crippen molar-refractivity contribution < 1.29 is 9.72 Å². The average molecular weight is 435 g/mol. The van der Waals surface area contributed by atoms with Crippen molar-refractivity contribution in [2.75, 3.05) is 4.90 Å². The predicted molar refractivity (Wildman–Crippen MR) is 119 cm³/mol. The second kappa shape index (κ2) is 7.36. The fourth-order valence-corrected chi connectivity index (χ4v) is 5.39. The van der Waals surface area contributed by atoms with Crippen molar-refractivity contribution in [1.82, 2.24) is 0 Å². The number of aryl methyl sites for hydroxylation is 1. The average Bonchev–Trinajstić information content (AvgIpc) is 3.16. The van der Waals surface area contributed by atoms with Crippen LogP contribution in [0, 0.1) is 33.8 Å². The van der Waals surface area contributed by atoms with Crippen molar-refractivity contribution in [2.45, 2.75) is 39.5 Å². The first-order chi connectivity index (χ1) is 14.6. The Bertz CT molecular complexity index is 1220. The number of carbonyl (C=O) groups excluding carboxylic acids is 1. The van der Waals surface area contributed by atoms with Gasteiger partial charge in [0.1, 0.15) is 5.82 Å². The maximum atomic E-state index is 13.4. The molecule has 0 saturated carbocycles. The molecule has 0 amide bonds. The third kappa shape index (κ3) is 3.51. The smallest absolute Gasteiger partial charge is 0.324 e. The third-order valence-electron chi connectivity index (χ3n) is 5.72. The summed E-state index contributed by atoms with van der Waals surface area (Å²) in [5.74, 6) is -0.480. The summed E-state index contributed by atoms with van der Waals surface area (Å²) in [7, 11) is 0. The van der Waals surface area contributed by atoms with Gasteiger partial charge in [0.25, 0.3) is 0 Å². The molecule has 0 unspecified atom stereocenters. The van der Waals surface area contributed by atoms with E-state index >= 15 is 0 Å². The lowest BCUT2D eigenvalue weighted by Gasteiger charge is -2.43. The van der Waals surface area contributed by atoms with E-state index in [9.17, 15) is 20.2 Å². The number of ketones is 1. The standard InChI is InChI=1S/C23H22N4O3S/c1-13-5-4-6-14(9-13)26-16-10-23(2,3)11-17(28)21(16)20(15(12-24)22(26)25)18-7-8-19(31-18)27(29)30/h4-9,20H,10-11,25H2,1-3H3/t20-/m0/s1. The second-order valence-corrected chi connectivity index (χ2v) is 9.85. The highest BCUT2D eigenvalue weighted by molar-refractivity contribution is 7.15. The number of thiophene rings is 1. The lowest BCUT2D eigenvalue weighted by Crippen LogP contribution is -2.42. The Morgan fingerprint density at radius 2 is 2.03 bits per heavy atom. The summed E-state index contributed by atoms with van der Waals surface area (Å²) in [6.45, 7) is 6.04. The van der Waals surface area contributed by atoms with Crippen LogP contribution in [-0.2, 0) is 4.79 Å². The second-order valence-electron chi connectivity index (χ2n) is 8.75. The molecule has 8 heteroatoms. The quantitative estimate of drug-likeness (QED) is 0.543. The molecule has 2 N–H and O–H groups in total. The van der Waals surface area contributed by atoms with Gasteiger partial charge < -0.3 is 5.73 Å². The molecule has 0 bridgehead atoms. The van der Waals surface area contributed by atoms with Crippen LogP contribution in [0.2, 0.25) is 0 Å². The number of nitrogens with two attached hydrogens (primary N) is 1. The number of carbonyl (C=O) groups is 1. The van der Waals surface area contributed by atoms with Gasteiger partial charge in [-0.1, -0.05) is 37.3 Å². The van der Waals surface area contributed by atoms with E-state index in [4.69, 9.17) is 5.73 Å². The Morgan fingerprint density at radius 3 is 2.65 bits per heavy atom. The number of nitriles is 1. The van der Waals surface area contributed by atoms with Crippen LogP contribution in [0.4, 0.5) is 10.7 Å². The SMILES string of the molecule is Cc1cccc(N2C(N)=C(C#N)[C@@H](c3ccc([N+](=O)[O-])s3)C3=C2CC(C)(C)CC3=O)c1. The molecular weight excluding hydrogens is 412 g/mol. The van der Waals surface area contributed by atoms with Gasteiger partial charge >= 0.3 is 5.00 Å². The number of nitrogens with zero attached hydrogens (tertiary/aromatic N) is 3. The number of benzene rings is 1. The normalized spacial score (nSPS) is 20.5. The van der Waals surface area contributed by atoms with Gasteiger partial charge in [-0.2, -0.15) is 5.26 Å². The van der Waals surface area contributed by atoms with Gasteiger partial charge in [0, 0.05) is 34.3 Å². The fourth-order valence-electron chi connectivity index (χ4n) is 4.45. The van der Waals surface area contributed by atoms with E-state index in [-0.39, 0.29) is 27.6 Å². The minimum Gasteiger partial charge on any atom is -0.384 e. The molecule has 1 aromatic carbocycles. The van der Waals surface area contributed by atoms with E-state index in [1.54, 1.807) is 6.07 Å². The molecule has 2 aliphatic rings. The minimum absolute atomic E-state index is 0.0299. The summed E-state index contributed by atoms with van der Waals surface area (Å²) < 4.78 is 0.